The Labute approximate surface area is 189 Å². The molecule has 2 aliphatic heterocycles. The van der Waals surface area contributed by atoms with Crippen molar-refractivity contribution in [2.24, 2.45) is 0 Å². The summed E-state index contributed by atoms with van der Waals surface area (Å²) in [6.45, 7) is 5.00. The summed E-state index contributed by atoms with van der Waals surface area (Å²) in [6.07, 6.45) is 0.566. The van der Waals surface area contributed by atoms with Crippen LogP contribution < -0.4 is 16.1 Å². The molecule has 2 aliphatic rings. The molecule has 3 heterocycles. The van der Waals surface area contributed by atoms with Crippen LogP contribution in [0.2, 0.25) is 5.02 Å². The number of carbonyl (C=O) groups excluding carboxylic acids is 2. The average molecular weight is 463 g/mol. The Morgan fingerprint density at radius 3 is 2.75 bits per heavy atom. The molecule has 0 bridgehead atoms. The van der Waals surface area contributed by atoms with Crippen molar-refractivity contribution in [2.75, 3.05) is 19.6 Å². The molecule has 170 valence electrons. The van der Waals surface area contributed by atoms with Gasteiger partial charge in [0.15, 0.2) is 11.4 Å². The highest BCUT2D eigenvalue weighted by molar-refractivity contribution is 6.30. The van der Waals surface area contributed by atoms with Gasteiger partial charge in [-0.1, -0.05) is 30.7 Å². The highest BCUT2D eigenvalue weighted by Gasteiger charge is 2.44. The molecule has 0 fully saturated rings. The summed E-state index contributed by atoms with van der Waals surface area (Å²) in [4.78, 5) is 40.7. The predicted molar refractivity (Wildman–Crippen MR) is 117 cm³/mol. The van der Waals surface area contributed by atoms with Crippen LogP contribution in [0.25, 0.3) is 0 Å². The van der Waals surface area contributed by atoms with Crippen LogP contribution in [0.3, 0.4) is 0 Å². The average Bonchev–Trinajstić information content (AvgIpc) is 3.11. The lowest BCUT2D eigenvalue weighted by molar-refractivity contribution is 0.0675. The highest BCUT2D eigenvalue weighted by Crippen LogP contribution is 2.42. The standard InChI is InChI=1S/C22H24ClFN4O4/c1-3-25-14-8-12-10-27(4-2)22(32)18-20(30)19(29)15(17(14)28(12)18)21(31)26-9-11-6-5-7-13(23)16(11)24/h5-7,12,14,25,30H,3-4,8-10H2,1-2H3,(H,26,31)/t12-,14+/m1/s1. The molecule has 0 radical (unpaired) electrons. The molecule has 0 saturated carbocycles. The van der Waals surface area contributed by atoms with E-state index in [0.717, 1.165) is 0 Å². The maximum Gasteiger partial charge on any atom is 0.274 e. The van der Waals surface area contributed by atoms with Gasteiger partial charge in [-0.05, 0) is 26.0 Å². The molecule has 8 nitrogen and oxygen atoms in total. The highest BCUT2D eigenvalue weighted by atomic mass is 35.5. The van der Waals surface area contributed by atoms with Crippen molar-refractivity contribution in [3.05, 3.63) is 61.8 Å². The van der Waals surface area contributed by atoms with Gasteiger partial charge in [0.2, 0.25) is 5.43 Å². The number of halogens is 2. The zero-order valence-electron chi connectivity index (χ0n) is 17.7. The fourth-order valence-corrected chi connectivity index (χ4v) is 4.82. The van der Waals surface area contributed by atoms with Gasteiger partial charge in [0, 0.05) is 25.2 Å². The summed E-state index contributed by atoms with van der Waals surface area (Å²) in [7, 11) is 0. The quantitative estimate of drug-likeness (QED) is 0.611. The minimum atomic E-state index is -0.912. The number of nitrogens with zero attached hydrogens (tertiary/aromatic N) is 2. The number of likely N-dealkylation sites (N-methyl/N-ethyl adjacent to an activating group) is 1. The fourth-order valence-electron chi connectivity index (χ4n) is 4.62. The van der Waals surface area contributed by atoms with E-state index < -0.39 is 28.8 Å². The monoisotopic (exact) mass is 462 g/mol. The second-order valence-corrected chi connectivity index (χ2v) is 8.30. The van der Waals surface area contributed by atoms with Gasteiger partial charge in [-0.15, -0.1) is 0 Å². The zero-order chi connectivity index (χ0) is 23.2. The molecule has 10 heteroatoms. The maximum atomic E-state index is 14.2. The summed E-state index contributed by atoms with van der Waals surface area (Å²) >= 11 is 5.80. The Balaban J connectivity index is 1.79. The normalized spacial score (nSPS) is 19.2. The van der Waals surface area contributed by atoms with Crippen LogP contribution in [0, 0.1) is 5.82 Å². The molecule has 0 aliphatic carbocycles. The molecule has 2 aromatic rings. The number of aromatic nitrogens is 1. The van der Waals surface area contributed by atoms with Gasteiger partial charge in [-0.25, -0.2) is 4.39 Å². The first kappa shape index (κ1) is 22.3. The first-order chi connectivity index (χ1) is 15.3. The minimum Gasteiger partial charge on any atom is -0.503 e. The first-order valence-electron chi connectivity index (χ1n) is 10.5. The van der Waals surface area contributed by atoms with E-state index in [4.69, 9.17) is 11.6 Å². The zero-order valence-corrected chi connectivity index (χ0v) is 18.5. The molecule has 3 N–H and O–H groups in total. The Morgan fingerprint density at radius 2 is 2.06 bits per heavy atom. The lowest BCUT2D eigenvalue weighted by Crippen LogP contribution is -2.44. The molecule has 0 spiro atoms. The van der Waals surface area contributed by atoms with Crippen LogP contribution in [-0.4, -0.2) is 46.0 Å². The SMILES string of the molecule is CCN[C@H]1C[C@@H]2CN(CC)C(=O)c3c(O)c(=O)c(C(=O)NCc4cccc(Cl)c4F)c1n32. The van der Waals surface area contributed by atoms with Crippen LogP contribution in [0.15, 0.2) is 23.0 Å². The summed E-state index contributed by atoms with van der Waals surface area (Å²) in [5.41, 5.74) is -0.687. The number of pyridine rings is 1. The van der Waals surface area contributed by atoms with E-state index in [1.807, 2.05) is 13.8 Å². The van der Waals surface area contributed by atoms with Crippen LogP contribution in [0.1, 0.15) is 64.5 Å². The fraction of sp³-hybridized carbons (Fsp3) is 0.409. The second-order valence-electron chi connectivity index (χ2n) is 7.90. The number of hydrogen-bond donors (Lipinski definition) is 3. The van der Waals surface area contributed by atoms with Gasteiger partial charge < -0.3 is 25.2 Å². The van der Waals surface area contributed by atoms with E-state index in [2.05, 4.69) is 10.6 Å². The van der Waals surface area contributed by atoms with Gasteiger partial charge in [0.25, 0.3) is 11.8 Å². The van der Waals surface area contributed by atoms with E-state index in [1.165, 1.54) is 12.1 Å². The predicted octanol–water partition coefficient (Wildman–Crippen LogP) is 2.35. The Morgan fingerprint density at radius 1 is 1.31 bits per heavy atom. The van der Waals surface area contributed by atoms with Crippen LogP contribution in [0.4, 0.5) is 4.39 Å². The number of amides is 2. The van der Waals surface area contributed by atoms with Gasteiger partial charge >= 0.3 is 0 Å². The Hall–Kier alpha value is -2.91. The number of benzene rings is 1. The molecule has 0 unspecified atom stereocenters. The first-order valence-corrected chi connectivity index (χ1v) is 10.9. The molecule has 1 aromatic carbocycles. The minimum absolute atomic E-state index is 0.0732. The maximum absolute atomic E-state index is 14.2. The summed E-state index contributed by atoms with van der Waals surface area (Å²) in [5, 5.41) is 16.4. The van der Waals surface area contributed by atoms with E-state index in [-0.39, 0.29) is 40.5 Å². The van der Waals surface area contributed by atoms with Crippen molar-refractivity contribution in [3.63, 3.8) is 0 Å². The number of aromatic hydroxyl groups is 1. The van der Waals surface area contributed by atoms with Crippen molar-refractivity contribution < 1.29 is 19.1 Å². The molecule has 0 saturated heterocycles. The van der Waals surface area contributed by atoms with E-state index in [9.17, 15) is 23.9 Å². The number of hydrogen-bond acceptors (Lipinski definition) is 5. The van der Waals surface area contributed by atoms with E-state index in [1.54, 1.807) is 15.5 Å². The third-order valence-corrected chi connectivity index (χ3v) is 6.37. The van der Waals surface area contributed by atoms with Gasteiger partial charge in [-0.2, -0.15) is 0 Å². The molecule has 2 amide bonds. The van der Waals surface area contributed by atoms with Crippen molar-refractivity contribution in [2.45, 2.75) is 38.9 Å². The molecule has 4 rings (SSSR count). The van der Waals surface area contributed by atoms with Crippen molar-refractivity contribution in [3.8, 4) is 5.75 Å². The molecule has 1 aromatic heterocycles. The molecular weight excluding hydrogens is 439 g/mol. The van der Waals surface area contributed by atoms with Crippen LogP contribution in [-0.2, 0) is 6.54 Å². The summed E-state index contributed by atoms with van der Waals surface area (Å²) < 4.78 is 15.8. The number of rotatable bonds is 6. The Kier molecular flexibility index (Phi) is 5.96. The summed E-state index contributed by atoms with van der Waals surface area (Å²) in [6, 6.07) is 3.92. The van der Waals surface area contributed by atoms with Crippen molar-refractivity contribution in [1.29, 1.82) is 0 Å². The smallest absolute Gasteiger partial charge is 0.274 e. The van der Waals surface area contributed by atoms with Gasteiger partial charge in [0.05, 0.1) is 22.8 Å². The third kappa shape index (κ3) is 3.45. The molecule has 32 heavy (non-hydrogen) atoms. The summed E-state index contributed by atoms with van der Waals surface area (Å²) in [5.74, 6) is -2.58. The molecule has 2 atom stereocenters. The third-order valence-electron chi connectivity index (χ3n) is 6.08. The lowest BCUT2D eigenvalue weighted by atomic mass is 10.0. The number of carbonyl (C=O) groups is 2. The lowest BCUT2D eigenvalue weighted by Gasteiger charge is -2.33. The largest absolute Gasteiger partial charge is 0.503 e. The topological polar surface area (TPSA) is 104 Å². The van der Waals surface area contributed by atoms with Crippen molar-refractivity contribution in [1.82, 2.24) is 20.1 Å². The van der Waals surface area contributed by atoms with Gasteiger partial charge in [0.1, 0.15) is 11.4 Å². The van der Waals surface area contributed by atoms with E-state index in [0.29, 0.717) is 31.7 Å². The second kappa shape index (κ2) is 8.55. The Bertz CT molecular complexity index is 1170. The van der Waals surface area contributed by atoms with Crippen LogP contribution in [0.5, 0.6) is 5.75 Å². The van der Waals surface area contributed by atoms with Crippen LogP contribution >= 0.6 is 11.6 Å². The van der Waals surface area contributed by atoms with Gasteiger partial charge in [-0.3, -0.25) is 14.4 Å². The van der Waals surface area contributed by atoms with E-state index >= 15 is 0 Å². The molecular formula is C22H24ClFN4O4. The number of nitrogens with one attached hydrogen (secondary N) is 2. The van der Waals surface area contributed by atoms with Crippen molar-refractivity contribution >= 4 is 23.4 Å².